The molecule has 0 bridgehead atoms. The average Bonchev–Trinajstić information content (AvgIpc) is 3.42. The first kappa shape index (κ1) is 75.9. The number of likely N-dealkylation sites (N-methyl/N-ethyl adjacent to an activating group) is 7. The molecule has 480 valence electrons. The molecule has 11 amide bonds. The maximum absolute atomic E-state index is 15.1. The second kappa shape index (κ2) is 34.1. The topological polar surface area (TPSA) is 279 Å². The maximum Gasteiger partial charge on any atom is 0.246 e. The summed E-state index contributed by atoms with van der Waals surface area (Å²) < 4.78 is 0. The number of amides is 11. The number of carbonyl (C=O) groups excluding carboxylic acids is 11. The van der Waals surface area contributed by atoms with Crippen LogP contribution < -0.4 is 21.3 Å². The lowest BCUT2D eigenvalue weighted by atomic mass is 9.91. The van der Waals surface area contributed by atoms with Crippen molar-refractivity contribution in [2.45, 2.75) is 216 Å². The summed E-state index contributed by atoms with van der Waals surface area (Å²) in [6.45, 7) is 29.0. The van der Waals surface area contributed by atoms with E-state index in [-0.39, 0.29) is 43.4 Å². The minimum absolute atomic E-state index is 0.0215. The number of hydrogen-bond acceptors (Lipinski definition) is 12. The van der Waals surface area contributed by atoms with Crippen LogP contribution in [0.5, 0.6) is 0 Å². The number of nitrogens with one attached hydrogen (secondary N) is 4. The molecule has 0 spiro atoms. The SMILES string of the molecule is C/C=C/C[C@@H](C)[C@@H](O)C1C(=O)N[C@@H](CC)C(=O)N(C)CC(=O)N(C)[C@@H](C(C)C)C(=O)N[C@@H](C(C)C)C(=O)N(C)[C@@H](CC(C)C)C(=O)N[C@@H](C)C(=O)N[C@H](C)C(=O)N(C)[C@@H](CC(C)C)C(=O)N(C)[C@@H](CC(C)C)C(=O)N(C)[C@@H](C(C)C)C(=O)N1C. The van der Waals surface area contributed by atoms with Crippen LogP contribution in [0.3, 0.4) is 0 Å². The summed E-state index contributed by atoms with van der Waals surface area (Å²) in [7, 11) is 9.88. The van der Waals surface area contributed by atoms with Gasteiger partial charge in [-0.2, -0.15) is 0 Å². The Morgan fingerprint density at radius 1 is 0.464 bits per heavy atom. The Hall–Kier alpha value is -6.13. The zero-order valence-electron chi connectivity index (χ0n) is 55.4. The third-order valence-electron chi connectivity index (χ3n) is 15.9. The van der Waals surface area contributed by atoms with Crippen LogP contribution in [0.1, 0.15) is 150 Å². The number of aliphatic hydroxyl groups excluding tert-OH is 1. The van der Waals surface area contributed by atoms with Gasteiger partial charge in [-0.1, -0.05) is 109 Å². The Balaban J connectivity index is 4.30. The van der Waals surface area contributed by atoms with Gasteiger partial charge in [0.2, 0.25) is 65.0 Å². The van der Waals surface area contributed by atoms with Crippen LogP contribution >= 0.6 is 0 Å². The van der Waals surface area contributed by atoms with Gasteiger partial charge >= 0.3 is 0 Å². The van der Waals surface area contributed by atoms with Crippen molar-refractivity contribution < 1.29 is 57.8 Å². The molecule has 1 saturated heterocycles. The molecule has 0 aromatic rings. The van der Waals surface area contributed by atoms with Gasteiger partial charge in [0.05, 0.1) is 12.6 Å². The fourth-order valence-electron chi connectivity index (χ4n) is 10.7. The molecule has 1 rings (SSSR count). The van der Waals surface area contributed by atoms with E-state index in [1.807, 2.05) is 41.5 Å². The molecular formula is C61H109N11O12. The largest absolute Gasteiger partial charge is 0.390 e. The number of hydrogen-bond donors (Lipinski definition) is 5. The van der Waals surface area contributed by atoms with Crippen molar-refractivity contribution >= 4 is 65.0 Å². The molecule has 1 unspecified atom stereocenters. The predicted octanol–water partition coefficient (Wildman–Crippen LogP) is 2.88. The van der Waals surface area contributed by atoms with Crippen molar-refractivity contribution in [1.29, 1.82) is 0 Å². The van der Waals surface area contributed by atoms with Crippen LogP contribution in [0.4, 0.5) is 0 Å². The number of allylic oxidation sites excluding steroid dienone is 2. The minimum Gasteiger partial charge on any atom is -0.390 e. The highest BCUT2D eigenvalue weighted by atomic mass is 16.3. The standard InChI is InChI=1S/C61H109N11O12/c1-25-27-28-39(15)51(74)50-55(78)64-42(26-2)57(80)66(18)32-46(73)70(22)48(37(11)12)54(77)65-47(36(9)10)60(83)67(19)43(29-33(3)4)53(76)62-40(16)52(75)63-41(17)56(79)68(20)44(30-34(5)6)58(81)69(21)45(31-35(7)8)59(82)71(23)49(38(13)14)61(84)72(50)24/h25,27,33-45,47-51,74H,26,28-32H2,1-24H3,(H,62,76)(H,63,75)(H,64,78)(H,65,77)/b27-25+/t39-,40+,41-,42+,43+,44+,45+,47+,48+,49+,50?,51-/m1/s1. The summed E-state index contributed by atoms with van der Waals surface area (Å²) >= 11 is 0. The molecule has 0 radical (unpaired) electrons. The molecule has 0 aromatic carbocycles. The van der Waals surface area contributed by atoms with Gasteiger partial charge in [-0.05, 0) is 94.3 Å². The van der Waals surface area contributed by atoms with Crippen molar-refractivity contribution in [3.8, 4) is 0 Å². The predicted molar refractivity (Wildman–Crippen MR) is 324 cm³/mol. The molecule has 1 aliphatic rings. The van der Waals surface area contributed by atoms with Crippen molar-refractivity contribution in [3.05, 3.63) is 12.2 Å². The second-order valence-electron chi connectivity index (χ2n) is 25.6. The highest BCUT2D eigenvalue weighted by Crippen LogP contribution is 2.25. The zero-order valence-corrected chi connectivity index (χ0v) is 55.4. The van der Waals surface area contributed by atoms with Gasteiger partial charge in [-0.15, -0.1) is 0 Å². The molecule has 1 fully saturated rings. The normalized spacial score (nSPS) is 27.1. The maximum atomic E-state index is 15.1. The van der Waals surface area contributed by atoms with Crippen molar-refractivity contribution in [3.63, 3.8) is 0 Å². The molecule has 5 N–H and O–H groups in total. The van der Waals surface area contributed by atoms with Crippen LogP contribution in [0, 0.1) is 41.4 Å². The lowest BCUT2D eigenvalue weighted by Crippen LogP contribution is -2.63. The number of carbonyl (C=O) groups is 11. The van der Waals surface area contributed by atoms with Crippen LogP contribution in [0.15, 0.2) is 12.2 Å². The molecule has 1 aliphatic heterocycles. The fourth-order valence-corrected chi connectivity index (χ4v) is 10.7. The van der Waals surface area contributed by atoms with Gasteiger partial charge in [0.15, 0.2) is 0 Å². The van der Waals surface area contributed by atoms with Crippen LogP contribution in [0.2, 0.25) is 0 Å². The summed E-state index contributed by atoms with van der Waals surface area (Å²) in [6.07, 6.45) is 2.88. The lowest BCUT2D eigenvalue weighted by molar-refractivity contribution is -0.157. The van der Waals surface area contributed by atoms with Gasteiger partial charge in [-0.25, -0.2) is 0 Å². The summed E-state index contributed by atoms with van der Waals surface area (Å²) in [6, 6.07) is -12.4. The summed E-state index contributed by atoms with van der Waals surface area (Å²) in [4.78, 5) is 168. The molecule has 0 saturated carbocycles. The fraction of sp³-hybridized carbons (Fsp3) is 0.787. The quantitative estimate of drug-likeness (QED) is 0.157. The third-order valence-corrected chi connectivity index (χ3v) is 15.9. The van der Waals surface area contributed by atoms with Crippen molar-refractivity contribution in [2.75, 3.05) is 55.9 Å². The summed E-state index contributed by atoms with van der Waals surface area (Å²) in [5.74, 6) is -10.1. The molecule has 0 aliphatic carbocycles. The summed E-state index contributed by atoms with van der Waals surface area (Å²) in [5.41, 5.74) is 0. The highest BCUT2D eigenvalue weighted by Gasteiger charge is 2.46. The van der Waals surface area contributed by atoms with Crippen LogP contribution in [-0.4, -0.2) is 227 Å². The Morgan fingerprint density at radius 3 is 1.35 bits per heavy atom. The average molecular weight is 1190 g/mol. The van der Waals surface area contributed by atoms with E-state index in [9.17, 15) is 48.3 Å². The number of nitrogens with zero attached hydrogens (tertiary/aromatic N) is 7. The van der Waals surface area contributed by atoms with E-state index in [1.165, 1.54) is 87.7 Å². The van der Waals surface area contributed by atoms with E-state index in [0.29, 0.717) is 6.42 Å². The molecule has 23 nitrogen and oxygen atoms in total. The van der Waals surface area contributed by atoms with Crippen molar-refractivity contribution in [1.82, 2.24) is 55.6 Å². The van der Waals surface area contributed by atoms with E-state index in [1.54, 1.807) is 74.5 Å². The first-order valence-corrected chi connectivity index (χ1v) is 30.1. The molecule has 84 heavy (non-hydrogen) atoms. The minimum atomic E-state index is -1.61. The van der Waals surface area contributed by atoms with Crippen LogP contribution in [0.25, 0.3) is 0 Å². The van der Waals surface area contributed by atoms with Crippen molar-refractivity contribution in [2.24, 2.45) is 41.4 Å². The van der Waals surface area contributed by atoms with Gasteiger partial charge < -0.3 is 60.7 Å². The molecule has 12 atom stereocenters. The van der Waals surface area contributed by atoms with E-state index in [0.717, 1.165) is 9.80 Å². The smallest absolute Gasteiger partial charge is 0.246 e. The van der Waals surface area contributed by atoms with Gasteiger partial charge in [0.1, 0.15) is 60.4 Å². The second-order valence-corrected chi connectivity index (χ2v) is 25.6. The van der Waals surface area contributed by atoms with E-state index in [4.69, 9.17) is 0 Å². The Kier molecular flexibility index (Phi) is 30.8. The van der Waals surface area contributed by atoms with E-state index < -0.39 is 162 Å². The first-order chi connectivity index (χ1) is 38.7. The van der Waals surface area contributed by atoms with Crippen LogP contribution in [-0.2, 0) is 52.7 Å². The number of rotatable bonds is 14. The Labute approximate surface area is 502 Å². The monoisotopic (exact) mass is 1190 g/mol. The van der Waals surface area contributed by atoms with Gasteiger partial charge in [-0.3, -0.25) is 52.7 Å². The lowest BCUT2D eigenvalue weighted by Gasteiger charge is -2.41. The zero-order chi connectivity index (χ0) is 65.3. The molecule has 23 heteroatoms. The number of aliphatic hydroxyl groups is 1. The first-order valence-electron chi connectivity index (χ1n) is 30.1. The van der Waals surface area contributed by atoms with E-state index >= 15 is 9.59 Å². The summed E-state index contributed by atoms with van der Waals surface area (Å²) in [5, 5.41) is 23.0. The Bertz CT molecular complexity index is 2310. The van der Waals surface area contributed by atoms with Gasteiger partial charge in [0, 0.05) is 49.3 Å². The molecule has 0 aromatic heterocycles. The van der Waals surface area contributed by atoms with E-state index in [2.05, 4.69) is 21.3 Å². The Morgan fingerprint density at radius 2 is 0.893 bits per heavy atom. The third kappa shape index (κ3) is 20.5. The molecule has 1 heterocycles. The molecular weight excluding hydrogens is 1080 g/mol. The highest BCUT2D eigenvalue weighted by molar-refractivity contribution is 5.99. The van der Waals surface area contributed by atoms with Gasteiger partial charge in [0.25, 0.3) is 0 Å².